The molecule has 0 bridgehead atoms. The molecule has 0 atom stereocenters. The molecule has 1 heterocycles. The van der Waals surface area contributed by atoms with Crippen LogP contribution in [0.4, 0.5) is 5.69 Å². The molecule has 0 spiro atoms. The Labute approximate surface area is 75.7 Å². The van der Waals surface area contributed by atoms with Crippen molar-refractivity contribution < 1.29 is 0 Å². The molecule has 60 valence electrons. The molecule has 0 aromatic carbocycles. The monoisotopic (exact) mass is 190 g/mol. The van der Waals surface area contributed by atoms with E-state index in [-0.39, 0.29) is 0 Å². The fourth-order valence-corrected chi connectivity index (χ4v) is 1.16. The molecule has 4 heteroatoms. The van der Waals surface area contributed by atoms with Gasteiger partial charge < -0.3 is 4.90 Å². The summed E-state index contributed by atoms with van der Waals surface area (Å²) in [6.07, 6.45) is 0. The second-order valence-electron chi connectivity index (χ2n) is 2.37. The highest BCUT2D eigenvalue weighted by molar-refractivity contribution is 6.32. The predicted molar refractivity (Wildman–Crippen MR) is 48.6 cm³/mol. The van der Waals surface area contributed by atoms with Gasteiger partial charge in [0.05, 0.1) is 0 Å². The van der Waals surface area contributed by atoms with Gasteiger partial charge in [-0.25, -0.2) is 4.98 Å². The number of pyridine rings is 1. The van der Waals surface area contributed by atoms with Crippen molar-refractivity contribution in [3.63, 3.8) is 0 Å². The van der Waals surface area contributed by atoms with Crippen molar-refractivity contribution in [2.45, 2.75) is 0 Å². The molecule has 0 N–H and O–H groups in total. The average Bonchev–Trinajstić information content (AvgIpc) is 1.85. The van der Waals surface area contributed by atoms with Crippen LogP contribution in [-0.4, -0.2) is 19.1 Å². The first kappa shape index (κ1) is 8.62. The first-order valence-corrected chi connectivity index (χ1v) is 3.85. The van der Waals surface area contributed by atoms with Crippen molar-refractivity contribution >= 4 is 28.9 Å². The van der Waals surface area contributed by atoms with Crippen LogP contribution in [-0.2, 0) is 0 Å². The Morgan fingerprint density at radius 3 is 2.00 bits per heavy atom. The van der Waals surface area contributed by atoms with Crippen molar-refractivity contribution in [2.24, 2.45) is 0 Å². The molecule has 1 aromatic rings. The highest BCUT2D eigenvalue weighted by atomic mass is 35.5. The Bertz CT molecular complexity index is 240. The molecule has 0 saturated heterocycles. The van der Waals surface area contributed by atoms with Crippen LogP contribution < -0.4 is 4.90 Å². The third-order valence-corrected chi connectivity index (χ3v) is 1.65. The Morgan fingerprint density at radius 2 is 1.64 bits per heavy atom. The van der Waals surface area contributed by atoms with Gasteiger partial charge in [-0.3, -0.25) is 0 Å². The molecule has 0 aliphatic carbocycles. The van der Waals surface area contributed by atoms with E-state index in [1.807, 2.05) is 19.0 Å². The van der Waals surface area contributed by atoms with Crippen molar-refractivity contribution in [3.05, 3.63) is 22.4 Å². The first-order valence-electron chi connectivity index (χ1n) is 3.10. The lowest BCUT2D eigenvalue weighted by Crippen LogP contribution is -2.08. The number of nitrogens with zero attached hydrogens (tertiary/aromatic N) is 2. The summed E-state index contributed by atoms with van der Waals surface area (Å²) >= 11 is 11.3. The molecular formula is C7H8Cl2N2. The third-order valence-electron chi connectivity index (χ3n) is 1.26. The van der Waals surface area contributed by atoms with Gasteiger partial charge in [-0.15, -0.1) is 0 Å². The first-order chi connectivity index (χ1) is 5.09. The second kappa shape index (κ2) is 3.28. The van der Waals surface area contributed by atoms with Gasteiger partial charge in [0.25, 0.3) is 0 Å². The second-order valence-corrected chi connectivity index (χ2v) is 3.14. The summed E-state index contributed by atoms with van der Waals surface area (Å²) in [5.74, 6) is 0. The lowest BCUT2D eigenvalue weighted by Gasteiger charge is -2.11. The van der Waals surface area contributed by atoms with E-state index in [1.54, 1.807) is 12.1 Å². The standard InChI is InChI=1S/C7H8Cl2N2/c1-11(2)5-3-6(8)10-7(9)4-5/h3-4H,1-2H3. The van der Waals surface area contributed by atoms with E-state index in [9.17, 15) is 0 Å². The van der Waals surface area contributed by atoms with Crippen LogP contribution in [0, 0.1) is 0 Å². The average molecular weight is 191 g/mol. The largest absolute Gasteiger partial charge is 0.377 e. The van der Waals surface area contributed by atoms with Crippen LogP contribution in [0.2, 0.25) is 10.3 Å². The van der Waals surface area contributed by atoms with Crippen LogP contribution in [0.5, 0.6) is 0 Å². The fourth-order valence-electron chi connectivity index (χ4n) is 0.711. The molecule has 1 rings (SSSR count). The number of rotatable bonds is 1. The van der Waals surface area contributed by atoms with Gasteiger partial charge >= 0.3 is 0 Å². The highest BCUT2D eigenvalue weighted by Crippen LogP contribution is 2.20. The number of anilines is 1. The lowest BCUT2D eigenvalue weighted by molar-refractivity contribution is 1.12. The number of aromatic nitrogens is 1. The van der Waals surface area contributed by atoms with E-state index in [4.69, 9.17) is 23.2 Å². The summed E-state index contributed by atoms with van der Waals surface area (Å²) in [5.41, 5.74) is 0.954. The molecule has 11 heavy (non-hydrogen) atoms. The van der Waals surface area contributed by atoms with E-state index in [0.717, 1.165) is 5.69 Å². The third kappa shape index (κ3) is 2.24. The Balaban J connectivity index is 3.08. The highest BCUT2D eigenvalue weighted by Gasteiger charge is 1.99. The molecule has 2 nitrogen and oxygen atoms in total. The van der Waals surface area contributed by atoms with Crippen molar-refractivity contribution in [3.8, 4) is 0 Å². The minimum Gasteiger partial charge on any atom is -0.377 e. The normalized spacial score (nSPS) is 9.82. The summed E-state index contributed by atoms with van der Waals surface area (Å²) in [4.78, 5) is 5.74. The van der Waals surface area contributed by atoms with E-state index >= 15 is 0 Å². The molecular weight excluding hydrogens is 183 g/mol. The topological polar surface area (TPSA) is 16.1 Å². The summed E-state index contributed by atoms with van der Waals surface area (Å²) in [5, 5.41) is 0.836. The molecule has 1 aromatic heterocycles. The smallest absolute Gasteiger partial charge is 0.132 e. The molecule has 0 saturated carbocycles. The Morgan fingerprint density at radius 1 is 1.18 bits per heavy atom. The summed E-state index contributed by atoms with van der Waals surface area (Å²) in [6.45, 7) is 0. The number of halogens is 2. The minimum absolute atomic E-state index is 0.418. The van der Waals surface area contributed by atoms with Gasteiger partial charge in [0, 0.05) is 19.8 Å². The molecule has 0 unspecified atom stereocenters. The van der Waals surface area contributed by atoms with Gasteiger partial charge in [0.1, 0.15) is 10.3 Å². The lowest BCUT2D eigenvalue weighted by atomic mass is 10.4. The van der Waals surface area contributed by atoms with Crippen LogP contribution in [0.25, 0.3) is 0 Å². The van der Waals surface area contributed by atoms with Crippen molar-refractivity contribution in [2.75, 3.05) is 19.0 Å². The Kier molecular flexibility index (Phi) is 2.58. The van der Waals surface area contributed by atoms with Crippen LogP contribution in [0.15, 0.2) is 12.1 Å². The SMILES string of the molecule is CN(C)c1cc(Cl)nc(Cl)c1. The maximum atomic E-state index is 5.67. The van der Waals surface area contributed by atoms with Gasteiger partial charge in [-0.05, 0) is 12.1 Å². The van der Waals surface area contributed by atoms with E-state index in [2.05, 4.69) is 4.98 Å². The Hall–Kier alpha value is -0.470. The van der Waals surface area contributed by atoms with Crippen molar-refractivity contribution in [1.82, 2.24) is 4.98 Å². The van der Waals surface area contributed by atoms with Crippen LogP contribution in [0.3, 0.4) is 0 Å². The molecule has 0 radical (unpaired) electrons. The van der Waals surface area contributed by atoms with Gasteiger partial charge in [0.15, 0.2) is 0 Å². The molecule has 0 aliphatic heterocycles. The van der Waals surface area contributed by atoms with Crippen molar-refractivity contribution in [1.29, 1.82) is 0 Å². The molecule has 0 fully saturated rings. The maximum Gasteiger partial charge on any atom is 0.132 e. The predicted octanol–water partition coefficient (Wildman–Crippen LogP) is 2.45. The maximum absolute atomic E-state index is 5.67. The van der Waals surface area contributed by atoms with Crippen LogP contribution >= 0.6 is 23.2 Å². The fraction of sp³-hybridized carbons (Fsp3) is 0.286. The van der Waals surface area contributed by atoms with E-state index in [1.165, 1.54) is 0 Å². The van der Waals surface area contributed by atoms with Gasteiger partial charge in [-0.2, -0.15) is 0 Å². The van der Waals surface area contributed by atoms with Gasteiger partial charge in [-0.1, -0.05) is 23.2 Å². The molecule has 0 aliphatic rings. The number of hydrogen-bond acceptors (Lipinski definition) is 2. The quantitative estimate of drug-likeness (QED) is 0.633. The zero-order valence-corrected chi connectivity index (χ0v) is 7.82. The summed E-state index contributed by atoms with van der Waals surface area (Å²) < 4.78 is 0. The van der Waals surface area contributed by atoms with Gasteiger partial charge in [0.2, 0.25) is 0 Å². The molecule has 0 amide bonds. The van der Waals surface area contributed by atoms with E-state index in [0.29, 0.717) is 10.3 Å². The minimum atomic E-state index is 0.418. The summed E-state index contributed by atoms with van der Waals surface area (Å²) in [7, 11) is 3.84. The number of hydrogen-bond donors (Lipinski definition) is 0. The zero-order chi connectivity index (χ0) is 8.43. The zero-order valence-electron chi connectivity index (χ0n) is 6.31. The summed E-state index contributed by atoms with van der Waals surface area (Å²) in [6, 6.07) is 3.51. The van der Waals surface area contributed by atoms with E-state index < -0.39 is 0 Å². The van der Waals surface area contributed by atoms with Crippen LogP contribution in [0.1, 0.15) is 0 Å².